The van der Waals surface area contributed by atoms with Crippen LogP contribution in [0.5, 0.6) is 0 Å². The van der Waals surface area contributed by atoms with E-state index < -0.39 is 5.91 Å². The lowest BCUT2D eigenvalue weighted by molar-refractivity contribution is -0.125. The van der Waals surface area contributed by atoms with Crippen molar-refractivity contribution >= 4 is 11.8 Å². The average molecular weight is 180 g/mol. The van der Waals surface area contributed by atoms with Crippen LogP contribution in [0.15, 0.2) is 0 Å². The van der Waals surface area contributed by atoms with Crippen molar-refractivity contribution in [3.8, 4) is 12.3 Å². The van der Waals surface area contributed by atoms with Gasteiger partial charge >= 0.3 is 0 Å². The van der Waals surface area contributed by atoms with Gasteiger partial charge in [0.25, 0.3) is 5.91 Å². The predicted molar refractivity (Wildman–Crippen MR) is 47.6 cm³/mol. The lowest BCUT2D eigenvalue weighted by atomic mass is 9.99. The van der Waals surface area contributed by atoms with Gasteiger partial charge in [0, 0.05) is 12.5 Å². The summed E-state index contributed by atoms with van der Waals surface area (Å²) in [5, 5.41) is 5.39. The van der Waals surface area contributed by atoms with Gasteiger partial charge < -0.3 is 10.6 Å². The van der Waals surface area contributed by atoms with E-state index in [1.807, 2.05) is 12.8 Å². The molecule has 1 rings (SSSR count). The van der Waals surface area contributed by atoms with Gasteiger partial charge in [0.15, 0.2) is 0 Å². The van der Waals surface area contributed by atoms with Crippen LogP contribution in [0.4, 0.5) is 0 Å². The Bertz CT molecular complexity index is 267. The van der Waals surface area contributed by atoms with Crippen LogP contribution in [0.2, 0.25) is 0 Å². The molecule has 1 aliphatic heterocycles. The summed E-state index contributed by atoms with van der Waals surface area (Å²) in [5.41, 5.74) is 0. The number of hydrogen-bond acceptors (Lipinski definition) is 2. The highest BCUT2D eigenvalue weighted by molar-refractivity contribution is 5.93. The molecule has 4 nitrogen and oxygen atoms in total. The van der Waals surface area contributed by atoms with E-state index in [1.54, 1.807) is 0 Å². The van der Waals surface area contributed by atoms with E-state index in [1.165, 1.54) is 0 Å². The van der Waals surface area contributed by atoms with E-state index >= 15 is 0 Å². The fraction of sp³-hybridized carbons (Fsp3) is 0.556. The Morgan fingerprint density at radius 1 is 1.77 bits per heavy atom. The highest BCUT2D eigenvalue weighted by atomic mass is 16.2. The van der Waals surface area contributed by atoms with Crippen LogP contribution in [0.3, 0.4) is 0 Å². The molecule has 0 aromatic carbocycles. The first kappa shape index (κ1) is 9.59. The lowest BCUT2D eigenvalue weighted by Gasteiger charge is -2.29. The number of hydrogen-bond donors (Lipinski definition) is 2. The number of amides is 2. The van der Waals surface area contributed by atoms with E-state index in [2.05, 4.69) is 10.6 Å². The summed E-state index contributed by atoms with van der Waals surface area (Å²) in [7, 11) is 0. The molecule has 2 N–H and O–H groups in total. The molecule has 2 atom stereocenters. The second-order valence-electron chi connectivity index (χ2n) is 3.12. The molecule has 0 bridgehead atoms. The highest BCUT2D eigenvalue weighted by Gasteiger charge is 2.25. The Hall–Kier alpha value is -1.50. The molecule has 0 aromatic rings. The smallest absolute Gasteiger partial charge is 0.295 e. The second kappa shape index (κ2) is 3.94. The van der Waals surface area contributed by atoms with E-state index in [-0.39, 0.29) is 18.0 Å². The van der Waals surface area contributed by atoms with Gasteiger partial charge in [-0.2, -0.15) is 0 Å². The summed E-state index contributed by atoms with van der Waals surface area (Å²) in [4.78, 5) is 21.8. The molecule has 0 saturated carbocycles. The molecule has 1 saturated heterocycles. The molecule has 0 aliphatic carbocycles. The SMILES string of the molecule is C#CC(=O)NC1CCC(=O)NC1C. The van der Waals surface area contributed by atoms with Gasteiger partial charge in [-0.25, -0.2) is 0 Å². The van der Waals surface area contributed by atoms with Crippen molar-refractivity contribution in [2.45, 2.75) is 31.8 Å². The number of terminal acetylenes is 1. The van der Waals surface area contributed by atoms with Crippen molar-refractivity contribution in [3.05, 3.63) is 0 Å². The molecular formula is C9H12N2O2. The maximum absolute atomic E-state index is 10.9. The van der Waals surface area contributed by atoms with Gasteiger partial charge in [-0.15, -0.1) is 6.42 Å². The van der Waals surface area contributed by atoms with Crippen molar-refractivity contribution in [1.82, 2.24) is 10.6 Å². The zero-order valence-electron chi connectivity index (χ0n) is 7.46. The maximum Gasteiger partial charge on any atom is 0.295 e. The average Bonchev–Trinajstić information content (AvgIpc) is 2.09. The molecule has 0 radical (unpaired) electrons. The zero-order chi connectivity index (χ0) is 9.84. The Labute approximate surface area is 77.1 Å². The Morgan fingerprint density at radius 2 is 2.46 bits per heavy atom. The number of carbonyl (C=O) groups excluding carboxylic acids is 2. The number of nitrogens with one attached hydrogen (secondary N) is 2. The fourth-order valence-electron chi connectivity index (χ4n) is 1.37. The van der Waals surface area contributed by atoms with E-state index in [0.29, 0.717) is 12.8 Å². The van der Waals surface area contributed by atoms with Crippen LogP contribution in [0.1, 0.15) is 19.8 Å². The summed E-state index contributed by atoms with van der Waals surface area (Å²) in [6.45, 7) is 1.85. The summed E-state index contributed by atoms with van der Waals surface area (Å²) in [5.74, 6) is 1.58. The van der Waals surface area contributed by atoms with Crippen LogP contribution in [-0.2, 0) is 9.59 Å². The topological polar surface area (TPSA) is 58.2 Å². The Morgan fingerprint density at radius 3 is 3.00 bits per heavy atom. The van der Waals surface area contributed by atoms with Crippen molar-refractivity contribution in [2.75, 3.05) is 0 Å². The molecule has 13 heavy (non-hydrogen) atoms. The summed E-state index contributed by atoms with van der Waals surface area (Å²) >= 11 is 0. The Kier molecular flexibility index (Phi) is 2.91. The molecule has 1 fully saturated rings. The van der Waals surface area contributed by atoms with Crippen molar-refractivity contribution < 1.29 is 9.59 Å². The molecule has 0 spiro atoms. The number of carbonyl (C=O) groups is 2. The monoisotopic (exact) mass is 180 g/mol. The maximum atomic E-state index is 10.9. The fourth-order valence-corrected chi connectivity index (χ4v) is 1.37. The minimum atomic E-state index is -0.423. The molecule has 1 heterocycles. The molecule has 2 unspecified atom stereocenters. The largest absolute Gasteiger partial charge is 0.352 e. The number of piperidine rings is 1. The molecule has 1 aliphatic rings. The first-order chi connectivity index (χ1) is 6.13. The van der Waals surface area contributed by atoms with Crippen LogP contribution >= 0.6 is 0 Å². The van der Waals surface area contributed by atoms with Gasteiger partial charge in [-0.3, -0.25) is 9.59 Å². The van der Waals surface area contributed by atoms with Gasteiger partial charge in [0.05, 0.1) is 6.04 Å². The van der Waals surface area contributed by atoms with Gasteiger partial charge in [-0.1, -0.05) is 0 Å². The van der Waals surface area contributed by atoms with E-state index in [0.717, 1.165) is 0 Å². The van der Waals surface area contributed by atoms with Gasteiger partial charge in [-0.05, 0) is 19.3 Å². The summed E-state index contributed by atoms with van der Waals surface area (Å²) < 4.78 is 0. The van der Waals surface area contributed by atoms with Crippen molar-refractivity contribution in [2.24, 2.45) is 0 Å². The predicted octanol–water partition coefficient (Wildman–Crippen LogP) is -0.597. The quantitative estimate of drug-likeness (QED) is 0.529. The van der Waals surface area contributed by atoms with Gasteiger partial charge in [0.2, 0.25) is 5.91 Å². The minimum absolute atomic E-state index is 0.0266. The van der Waals surface area contributed by atoms with Crippen LogP contribution in [-0.4, -0.2) is 23.9 Å². The summed E-state index contributed by atoms with van der Waals surface area (Å²) in [6, 6.07) is -0.0835. The van der Waals surface area contributed by atoms with E-state index in [4.69, 9.17) is 6.42 Å². The van der Waals surface area contributed by atoms with Crippen LogP contribution < -0.4 is 10.6 Å². The summed E-state index contributed by atoms with van der Waals surface area (Å²) in [6.07, 6.45) is 6.01. The molecule has 0 aromatic heterocycles. The molecule has 70 valence electrons. The van der Waals surface area contributed by atoms with Gasteiger partial charge in [0.1, 0.15) is 0 Å². The third kappa shape index (κ3) is 2.48. The third-order valence-electron chi connectivity index (χ3n) is 2.12. The molecule has 4 heteroatoms. The van der Waals surface area contributed by atoms with Crippen molar-refractivity contribution in [1.29, 1.82) is 0 Å². The van der Waals surface area contributed by atoms with Crippen LogP contribution in [0, 0.1) is 12.3 Å². The Balaban J connectivity index is 2.48. The normalized spacial score (nSPS) is 27.2. The van der Waals surface area contributed by atoms with Crippen LogP contribution in [0.25, 0.3) is 0 Å². The third-order valence-corrected chi connectivity index (χ3v) is 2.12. The highest BCUT2D eigenvalue weighted by Crippen LogP contribution is 2.08. The minimum Gasteiger partial charge on any atom is -0.352 e. The van der Waals surface area contributed by atoms with Crippen molar-refractivity contribution in [3.63, 3.8) is 0 Å². The zero-order valence-corrected chi connectivity index (χ0v) is 7.46. The number of rotatable bonds is 1. The lowest BCUT2D eigenvalue weighted by Crippen LogP contribution is -2.53. The first-order valence-electron chi connectivity index (χ1n) is 4.20. The van der Waals surface area contributed by atoms with E-state index in [9.17, 15) is 9.59 Å². The standard InChI is InChI=1S/C9H12N2O2/c1-3-8(12)11-7-4-5-9(13)10-6(7)2/h1,6-7H,4-5H2,2H3,(H,10,13)(H,11,12). The molecule has 2 amide bonds. The second-order valence-corrected chi connectivity index (χ2v) is 3.12. The molecular weight excluding hydrogens is 168 g/mol. The first-order valence-corrected chi connectivity index (χ1v) is 4.20.